The molecule has 0 fully saturated rings. The summed E-state index contributed by atoms with van der Waals surface area (Å²) in [4.78, 5) is 0. The summed E-state index contributed by atoms with van der Waals surface area (Å²) >= 11 is 5.99. The van der Waals surface area contributed by atoms with Crippen molar-refractivity contribution >= 4 is 11.6 Å². The first-order valence-corrected chi connectivity index (χ1v) is 5.04. The maximum atomic E-state index is 5.99. The van der Waals surface area contributed by atoms with Gasteiger partial charge in [0.25, 0.3) is 0 Å². The molecule has 2 nitrogen and oxygen atoms in total. The van der Waals surface area contributed by atoms with Crippen molar-refractivity contribution in [1.29, 1.82) is 0 Å². The molecule has 0 heterocycles. The number of hydrogen-bond acceptors (Lipinski definition) is 2. The second kappa shape index (κ2) is 5.59. The fraction of sp³-hybridized carbons (Fsp3) is 0.167. The molecular weight excluding hydrogens is 210 g/mol. The molecule has 0 unspecified atom stereocenters. The van der Waals surface area contributed by atoms with E-state index in [0.717, 1.165) is 5.56 Å². The van der Waals surface area contributed by atoms with Gasteiger partial charge in [0.2, 0.25) is 0 Å². The van der Waals surface area contributed by atoms with Crippen molar-refractivity contribution in [2.45, 2.75) is 13.5 Å². The number of rotatable bonds is 4. The van der Waals surface area contributed by atoms with Crippen LogP contribution in [0.15, 0.2) is 42.7 Å². The molecule has 0 aliphatic rings. The number of ether oxygens (including phenoxy) is 1. The van der Waals surface area contributed by atoms with Gasteiger partial charge in [-0.25, -0.2) is 0 Å². The summed E-state index contributed by atoms with van der Waals surface area (Å²) in [6, 6.07) is 5.44. The lowest BCUT2D eigenvalue weighted by Crippen LogP contribution is -1.98. The Morgan fingerprint density at radius 2 is 2.33 bits per heavy atom. The van der Waals surface area contributed by atoms with Gasteiger partial charge >= 0.3 is 0 Å². The van der Waals surface area contributed by atoms with Crippen molar-refractivity contribution in [3.8, 4) is 5.75 Å². The van der Waals surface area contributed by atoms with Gasteiger partial charge in [-0.2, -0.15) is 0 Å². The molecule has 2 N–H and O–H groups in total. The summed E-state index contributed by atoms with van der Waals surface area (Å²) in [7, 11) is 0. The molecule has 0 amide bonds. The largest absolute Gasteiger partial charge is 0.458 e. The summed E-state index contributed by atoms with van der Waals surface area (Å²) in [5, 5.41) is 0.620. The van der Waals surface area contributed by atoms with Crippen molar-refractivity contribution in [3.05, 3.63) is 53.3 Å². The third-order valence-corrected chi connectivity index (χ3v) is 2.32. The highest BCUT2D eigenvalue weighted by molar-refractivity contribution is 6.31. The fourth-order valence-electron chi connectivity index (χ4n) is 1.11. The van der Waals surface area contributed by atoms with Crippen LogP contribution in [0.4, 0.5) is 0 Å². The topological polar surface area (TPSA) is 35.2 Å². The molecule has 0 aliphatic carbocycles. The molecule has 0 aromatic heterocycles. The monoisotopic (exact) mass is 223 g/mol. The Labute approximate surface area is 95.0 Å². The SMILES string of the molecule is C=C/C(=C\C)Oc1ccc(CN)c(Cl)c1. The molecule has 3 heteroatoms. The average molecular weight is 224 g/mol. The molecule has 0 spiro atoms. The van der Waals surface area contributed by atoms with Crippen molar-refractivity contribution in [2.75, 3.05) is 0 Å². The summed E-state index contributed by atoms with van der Waals surface area (Å²) < 4.78 is 5.51. The molecule has 1 aromatic rings. The Morgan fingerprint density at radius 3 is 2.80 bits per heavy atom. The Balaban J connectivity index is 2.88. The van der Waals surface area contributed by atoms with E-state index in [1.54, 1.807) is 12.1 Å². The van der Waals surface area contributed by atoms with Gasteiger partial charge in [0.05, 0.1) is 0 Å². The Hall–Kier alpha value is -1.25. The number of nitrogens with two attached hydrogens (primary N) is 1. The molecule has 0 aliphatic heterocycles. The minimum absolute atomic E-state index is 0.428. The summed E-state index contributed by atoms with van der Waals surface area (Å²) in [5.41, 5.74) is 6.41. The zero-order valence-corrected chi connectivity index (χ0v) is 9.42. The molecule has 15 heavy (non-hydrogen) atoms. The van der Waals surface area contributed by atoms with Crippen LogP contribution in [0.2, 0.25) is 5.02 Å². The second-order valence-corrected chi connectivity index (χ2v) is 3.36. The minimum atomic E-state index is 0.428. The Bertz CT molecular complexity index is 385. The van der Waals surface area contributed by atoms with Crippen LogP contribution in [-0.2, 0) is 6.54 Å². The minimum Gasteiger partial charge on any atom is -0.458 e. The third-order valence-electron chi connectivity index (χ3n) is 1.97. The first kappa shape index (κ1) is 11.8. The van der Waals surface area contributed by atoms with E-state index in [1.165, 1.54) is 0 Å². The lowest BCUT2D eigenvalue weighted by Gasteiger charge is -2.07. The first-order valence-electron chi connectivity index (χ1n) is 4.66. The third kappa shape index (κ3) is 3.11. The van der Waals surface area contributed by atoms with Gasteiger partial charge in [0.15, 0.2) is 0 Å². The van der Waals surface area contributed by atoms with Crippen molar-refractivity contribution in [3.63, 3.8) is 0 Å². The zero-order chi connectivity index (χ0) is 11.3. The van der Waals surface area contributed by atoms with Crippen LogP contribution in [-0.4, -0.2) is 0 Å². The predicted molar refractivity (Wildman–Crippen MR) is 63.9 cm³/mol. The van der Waals surface area contributed by atoms with Gasteiger partial charge in [0, 0.05) is 11.6 Å². The van der Waals surface area contributed by atoms with E-state index in [1.807, 2.05) is 25.1 Å². The standard InChI is InChI=1S/C12H14ClNO/c1-3-10(4-2)15-11-6-5-9(8-14)12(13)7-11/h3-7H,1,8,14H2,2H3/b10-4+. The lowest BCUT2D eigenvalue weighted by atomic mass is 10.2. The van der Waals surface area contributed by atoms with Crippen molar-refractivity contribution < 1.29 is 4.74 Å². The highest BCUT2D eigenvalue weighted by Crippen LogP contribution is 2.23. The molecule has 0 radical (unpaired) electrons. The highest BCUT2D eigenvalue weighted by Gasteiger charge is 2.01. The first-order chi connectivity index (χ1) is 7.21. The zero-order valence-electron chi connectivity index (χ0n) is 8.66. The van der Waals surface area contributed by atoms with E-state index in [-0.39, 0.29) is 0 Å². The number of halogens is 1. The summed E-state index contributed by atoms with van der Waals surface area (Å²) in [5.74, 6) is 1.39. The van der Waals surface area contributed by atoms with E-state index in [2.05, 4.69) is 6.58 Å². The van der Waals surface area contributed by atoms with Crippen LogP contribution in [0.5, 0.6) is 5.75 Å². The van der Waals surface area contributed by atoms with E-state index < -0.39 is 0 Å². The van der Waals surface area contributed by atoms with Gasteiger partial charge in [-0.1, -0.05) is 24.2 Å². The van der Waals surface area contributed by atoms with Gasteiger partial charge in [-0.05, 0) is 36.8 Å². The normalized spacial score (nSPS) is 11.3. The Morgan fingerprint density at radius 1 is 1.60 bits per heavy atom. The fourth-order valence-corrected chi connectivity index (χ4v) is 1.36. The molecule has 0 atom stereocenters. The van der Waals surface area contributed by atoms with Gasteiger partial charge in [0.1, 0.15) is 11.5 Å². The molecule has 0 saturated carbocycles. The predicted octanol–water partition coefficient (Wildman–Crippen LogP) is 3.27. The maximum Gasteiger partial charge on any atom is 0.128 e. The van der Waals surface area contributed by atoms with E-state index >= 15 is 0 Å². The lowest BCUT2D eigenvalue weighted by molar-refractivity contribution is 0.443. The molecule has 1 aromatic carbocycles. The smallest absolute Gasteiger partial charge is 0.128 e. The number of benzene rings is 1. The van der Waals surface area contributed by atoms with Crippen LogP contribution in [0.1, 0.15) is 12.5 Å². The van der Waals surface area contributed by atoms with E-state index in [0.29, 0.717) is 23.1 Å². The summed E-state index contributed by atoms with van der Waals surface area (Å²) in [6.45, 7) is 5.95. The number of allylic oxidation sites excluding steroid dienone is 2. The average Bonchev–Trinajstić information content (AvgIpc) is 2.26. The molecule has 80 valence electrons. The van der Waals surface area contributed by atoms with Crippen molar-refractivity contribution in [2.24, 2.45) is 5.73 Å². The second-order valence-electron chi connectivity index (χ2n) is 2.95. The van der Waals surface area contributed by atoms with Crippen LogP contribution in [0.25, 0.3) is 0 Å². The van der Waals surface area contributed by atoms with Gasteiger partial charge < -0.3 is 10.5 Å². The van der Waals surface area contributed by atoms with E-state index in [9.17, 15) is 0 Å². The molecule has 0 saturated heterocycles. The van der Waals surface area contributed by atoms with E-state index in [4.69, 9.17) is 22.1 Å². The summed E-state index contributed by atoms with van der Waals surface area (Å²) in [6.07, 6.45) is 3.47. The van der Waals surface area contributed by atoms with Gasteiger partial charge in [-0.3, -0.25) is 0 Å². The van der Waals surface area contributed by atoms with Crippen LogP contribution in [0.3, 0.4) is 0 Å². The Kier molecular flexibility index (Phi) is 4.40. The van der Waals surface area contributed by atoms with Crippen LogP contribution < -0.4 is 10.5 Å². The maximum absolute atomic E-state index is 5.99. The number of hydrogen-bond donors (Lipinski definition) is 1. The quantitative estimate of drug-likeness (QED) is 0.628. The molecule has 1 rings (SSSR count). The van der Waals surface area contributed by atoms with Crippen LogP contribution >= 0.6 is 11.6 Å². The van der Waals surface area contributed by atoms with Crippen LogP contribution in [0, 0.1) is 0 Å². The molecule has 0 bridgehead atoms. The van der Waals surface area contributed by atoms with Gasteiger partial charge in [-0.15, -0.1) is 0 Å². The van der Waals surface area contributed by atoms with Crippen molar-refractivity contribution in [1.82, 2.24) is 0 Å². The molecular formula is C12H14ClNO. The highest BCUT2D eigenvalue weighted by atomic mass is 35.5.